The van der Waals surface area contributed by atoms with Crippen molar-refractivity contribution in [2.24, 2.45) is 7.05 Å². The summed E-state index contributed by atoms with van der Waals surface area (Å²) in [6.07, 6.45) is 1.83. The molecule has 0 saturated heterocycles. The fourth-order valence-electron chi connectivity index (χ4n) is 2.45. The molecule has 0 aliphatic rings. The minimum Gasteiger partial charge on any atom is -0.496 e. The molecule has 0 radical (unpaired) electrons. The summed E-state index contributed by atoms with van der Waals surface area (Å²) in [5, 5.41) is 8.84. The third-order valence-corrected chi connectivity index (χ3v) is 3.54. The molecule has 0 spiro atoms. The molecule has 5 nitrogen and oxygen atoms in total. The summed E-state index contributed by atoms with van der Waals surface area (Å²) in [7, 11) is 3.59. The first-order chi connectivity index (χ1) is 10.2. The molecule has 2 heterocycles. The van der Waals surface area contributed by atoms with Gasteiger partial charge in [-0.2, -0.15) is 5.10 Å². The zero-order valence-corrected chi connectivity index (χ0v) is 12.4. The van der Waals surface area contributed by atoms with E-state index in [2.05, 4.69) is 21.5 Å². The molecule has 0 atom stereocenters. The molecule has 0 amide bonds. The molecule has 0 fully saturated rings. The third kappa shape index (κ3) is 2.54. The predicted molar refractivity (Wildman–Crippen MR) is 83.6 cm³/mol. The summed E-state index contributed by atoms with van der Waals surface area (Å²) in [4.78, 5) is 4.46. The first-order valence-electron chi connectivity index (χ1n) is 6.84. The second kappa shape index (κ2) is 5.44. The van der Waals surface area contributed by atoms with Crippen LogP contribution < -0.4 is 10.1 Å². The van der Waals surface area contributed by atoms with Crippen LogP contribution in [-0.4, -0.2) is 21.9 Å². The highest BCUT2D eigenvalue weighted by molar-refractivity contribution is 5.81. The highest BCUT2D eigenvalue weighted by atomic mass is 16.5. The highest BCUT2D eigenvalue weighted by Crippen LogP contribution is 2.22. The number of para-hydroxylation sites is 1. The van der Waals surface area contributed by atoms with Gasteiger partial charge in [-0.05, 0) is 19.1 Å². The Kier molecular flexibility index (Phi) is 3.48. The number of aromatic nitrogens is 3. The van der Waals surface area contributed by atoms with Crippen LogP contribution in [0.3, 0.4) is 0 Å². The Hall–Kier alpha value is -2.56. The molecule has 0 saturated carbocycles. The molecule has 2 aromatic heterocycles. The van der Waals surface area contributed by atoms with Crippen LogP contribution in [-0.2, 0) is 13.6 Å². The molecular weight excluding hydrogens is 264 g/mol. The SMILES string of the molecule is COc1ccccc1CNc1cnc2c(c1)c(C)nn2C. The molecule has 0 aliphatic heterocycles. The lowest BCUT2D eigenvalue weighted by Gasteiger charge is -2.10. The van der Waals surface area contributed by atoms with Gasteiger partial charge in [-0.15, -0.1) is 0 Å². The fourth-order valence-corrected chi connectivity index (χ4v) is 2.45. The zero-order chi connectivity index (χ0) is 14.8. The van der Waals surface area contributed by atoms with Gasteiger partial charge >= 0.3 is 0 Å². The average molecular weight is 282 g/mol. The van der Waals surface area contributed by atoms with E-state index in [1.165, 1.54) is 0 Å². The lowest BCUT2D eigenvalue weighted by molar-refractivity contribution is 0.410. The normalized spacial score (nSPS) is 10.8. The first-order valence-corrected chi connectivity index (χ1v) is 6.84. The summed E-state index contributed by atoms with van der Waals surface area (Å²) in [5.41, 5.74) is 3.98. The number of anilines is 1. The predicted octanol–water partition coefficient (Wildman–Crippen LogP) is 2.90. The smallest absolute Gasteiger partial charge is 0.157 e. The lowest BCUT2D eigenvalue weighted by atomic mass is 10.2. The molecular formula is C16H18N4O. The van der Waals surface area contributed by atoms with E-state index in [0.717, 1.165) is 33.7 Å². The minimum atomic E-state index is 0.691. The lowest BCUT2D eigenvalue weighted by Crippen LogP contribution is -2.02. The van der Waals surface area contributed by atoms with Crippen LogP contribution in [0.5, 0.6) is 5.75 Å². The van der Waals surface area contributed by atoms with E-state index in [9.17, 15) is 0 Å². The van der Waals surface area contributed by atoms with Gasteiger partial charge < -0.3 is 10.1 Å². The first kappa shape index (κ1) is 13.4. The summed E-state index contributed by atoms with van der Waals surface area (Å²) in [6, 6.07) is 10.1. The van der Waals surface area contributed by atoms with Crippen LogP contribution in [0.15, 0.2) is 36.5 Å². The van der Waals surface area contributed by atoms with Crippen molar-refractivity contribution in [2.75, 3.05) is 12.4 Å². The van der Waals surface area contributed by atoms with Crippen LogP contribution in [0.2, 0.25) is 0 Å². The number of benzene rings is 1. The van der Waals surface area contributed by atoms with Crippen molar-refractivity contribution < 1.29 is 4.74 Å². The number of nitrogens with zero attached hydrogens (tertiary/aromatic N) is 3. The van der Waals surface area contributed by atoms with Gasteiger partial charge in [-0.3, -0.25) is 4.68 Å². The molecule has 3 rings (SSSR count). The van der Waals surface area contributed by atoms with Gasteiger partial charge in [-0.25, -0.2) is 4.98 Å². The fraction of sp³-hybridized carbons (Fsp3) is 0.250. The Labute approximate surface area is 123 Å². The van der Waals surface area contributed by atoms with Gasteiger partial charge in [0.1, 0.15) is 5.75 Å². The number of rotatable bonds is 4. The van der Waals surface area contributed by atoms with E-state index < -0.39 is 0 Å². The molecule has 3 aromatic rings. The number of ether oxygens (including phenoxy) is 1. The Morgan fingerprint density at radius 2 is 2.10 bits per heavy atom. The van der Waals surface area contributed by atoms with Crippen LogP contribution >= 0.6 is 0 Å². The van der Waals surface area contributed by atoms with Crippen molar-refractivity contribution in [1.82, 2.24) is 14.8 Å². The topological polar surface area (TPSA) is 52.0 Å². The Balaban J connectivity index is 1.83. The summed E-state index contributed by atoms with van der Waals surface area (Å²) < 4.78 is 7.16. The van der Waals surface area contributed by atoms with E-state index in [1.54, 1.807) is 11.8 Å². The van der Waals surface area contributed by atoms with Gasteiger partial charge in [0.2, 0.25) is 0 Å². The Morgan fingerprint density at radius 1 is 1.29 bits per heavy atom. The molecule has 0 aliphatic carbocycles. The molecule has 108 valence electrons. The van der Waals surface area contributed by atoms with E-state index >= 15 is 0 Å². The number of hydrogen-bond donors (Lipinski definition) is 1. The number of nitrogens with one attached hydrogen (secondary N) is 1. The van der Waals surface area contributed by atoms with Crippen molar-refractivity contribution in [3.63, 3.8) is 0 Å². The van der Waals surface area contributed by atoms with Gasteiger partial charge in [0.05, 0.1) is 24.7 Å². The number of methoxy groups -OCH3 is 1. The largest absolute Gasteiger partial charge is 0.496 e. The summed E-state index contributed by atoms with van der Waals surface area (Å²) >= 11 is 0. The summed E-state index contributed by atoms with van der Waals surface area (Å²) in [5.74, 6) is 0.886. The van der Waals surface area contributed by atoms with Gasteiger partial charge in [0, 0.05) is 24.5 Å². The zero-order valence-electron chi connectivity index (χ0n) is 12.4. The Morgan fingerprint density at radius 3 is 2.90 bits per heavy atom. The van der Waals surface area contributed by atoms with Crippen molar-refractivity contribution >= 4 is 16.7 Å². The van der Waals surface area contributed by atoms with Crippen molar-refractivity contribution in [3.8, 4) is 5.75 Å². The second-order valence-corrected chi connectivity index (χ2v) is 4.97. The van der Waals surface area contributed by atoms with E-state index in [0.29, 0.717) is 6.54 Å². The van der Waals surface area contributed by atoms with E-state index in [1.807, 2.05) is 44.4 Å². The van der Waals surface area contributed by atoms with Crippen molar-refractivity contribution in [3.05, 3.63) is 47.8 Å². The molecule has 0 unspecified atom stereocenters. The van der Waals surface area contributed by atoms with Crippen LogP contribution in [0.4, 0.5) is 5.69 Å². The second-order valence-electron chi connectivity index (χ2n) is 4.97. The van der Waals surface area contributed by atoms with Gasteiger partial charge in [-0.1, -0.05) is 18.2 Å². The van der Waals surface area contributed by atoms with Gasteiger partial charge in [0.15, 0.2) is 5.65 Å². The monoisotopic (exact) mass is 282 g/mol. The molecule has 21 heavy (non-hydrogen) atoms. The quantitative estimate of drug-likeness (QED) is 0.799. The van der Waals surface area contributed by atoms with E-state index in [-0.39, 0.29) is 0 Å². The maximum Gasteiger partial charge on any atom is 0.157 e. The third-order valence-electron chi connectivity index (χ3n) is 3.54. The maximum absolute atomic E-state index is 5.36. The number of pyridine rings is 1. The maximum atomic E-state index is 5.36. The molecule has 5 heteroatoms. The highest BCUT2D eigenvalue weighted by Gasteiger charge is 2.07. The van der Waals surface area contributed by atoms with Crippen LogP contribution in [0.1, 0.15) is 11.3 Å². The summed E-state index contributed by atoms with van der Waals surface area (Å²) in [6.45, 7) is 2.69. The van der Waals surface area contributed by atoms with Crippen molar-refractivity contribution in [2.45, 2.75) is 13.5 Å². The van der Waals surface area contributed by atoms with Crippen LogP contribution in [0, 0.1) is 6.92 Å². The standard InChI is InChI=1S/C16H18N4O/c1-11-14-8-13(10-18-16(14)20(2)19-11)17-9-12-6-4-5-7-15(12)21-3/h4-8,10,17H,9H2,1-3H3. The van der Waals surface area contributed by atoms with Crippen molar-refractivity contribution in [1.29, 1.82) is 0 Å². The molecule has 0 bridgehead atoms. The number of fused-ring (bicyclic) bond motifs is 1. The number of aryl methyl sites for hydroxylation is 2. The molecule has 1 N–H and O–H groups in total. The Bertz CT molecular complexity index is 779. The number of hydrogen-bond acceptors (Lipinski definition) is 4. The van der Waals surface area contributed by atoms with Gasteiger partial charge in [0.25, 0.3) is 0 Å². The average Bonchev–Trinajstić information content (AvgIpc) is 2.80. The molecule has 1 aromatic carbocycles. The van der Waals surface area contributed by atoms with E-state index in [4.69, 9.17) is 4.74 Å². The minimum absolute atomic E-state index is 0.691. The van der Waals surface area contributed by atoms with Crippen LogP contribution in [0.25, 0.3) is 11.0 Å².